The SMILES string of the molecule is COc1cc(C=C(C#N)C(=O)Nc2ccc(C)c(C)c2)ccc1OCc1ccc(C)cc1. The summed E-state index contributed by atoms with van der Waals surface area (Å²) in [7, 11) is 1.55. The van der Waals surface area contributed by atoms with E-state index in [1.807, 2.05) is 69.3 Å². The molecule has 0 bridgehead atoms. The minimum Gasteiger partial charge on any atom is -0.493 e. The highest BCUT2D eigenvalue weighted by Crippen LogP contribution is 2.30. The molecule has 0 aromatic heterocycles. The van der Waals surface area contributed by atoms with Crippen molar-refractivity contribution >= 4 is 17.7 Å². The van der Waals surface area contributed by atoms with Crippen LogP contribution < -0.4 is 14.8 Å². The summed E-state index contributed by atoms with van der Waals surface area (Å²) in [6.07, 6.45) is 1.53. The number of rotatable bonds is 7. The number of carbonyl (C=O) groups excluding carboxylic acids is 1. The van der Waals surface area contributed by atoms with Crippen molar-refractivity contribution in [3.8, 4) is 17.6 Å². The third-order valence-corrected chi connectivity index (χ3v) is 5.14. The van der Waals surface area contributed by atoms with Gasteiger partial charge in [0.2, 0.25) is 0 Å². The Morgan fingerprint density at radius 2 is 1.72 bits per heavy atom. The van der Waals surface area contributed by atoms with Gasteiger partial charge in [-0.05, 0) is 73.4 Å². The molecule has 0 atom stereocenters. The van der Waals surface area contributed by atoms with Crippen LogP contribution in [-0.2, 0) is 11.4 Å². The molecule has 0 saturated carbocycles. The molecule has 162 valence electrons. The first-order valence-electron chi connectivity index (χ1n) is 10.3. The second-order valence-electron chi connectivity index (χ2n) is 7.61. The Balaban J connectivity index is 1.75. The maximum Gasteiger partial charge on any atom is 0.266 e. The van der Waals surface area contributed by atoms with E-state index in [4.69, 9.17) is 9.47 Å². The lowest BCUT2D eigenvalue weighted by atomic mass is 10.1. The van der Waals surface area contributed by atoms with Gasteiger partial charge < -0.3 is 14.8 Å². The van der Waals surface area contributed by atoms with Gasteiger partial charge in [0, 0.05) is 5.69 Å². The van der Waals surface area contributed by atoms with Gasteiger partial charge in [0.1, 0.15) is 18.2 Å². The predicted molar refractivity (Wildman–Crippen MR) is 127 cm³/mol. The van der Waals surface area contributed by atoms with Gasteiger partial charge in [-0.1, -0.05) is 42.0 Å². The van der Waals surface area contributed by atoms with E-state index in [9.17, 15) is 10.1 Å². The van der Waals surface area contributed by atoms with Gasteiger partial charge in [0.25, 0.3) is 5.91 Å². The molecular formula is C27H26N2O3. The van der Waals surface area contributed by atoms with Crippen LogP contribution in [0.4, 0.5) is 5.69 Å². The Labute approximate surface area is 188 Å². The van der Waals surface area contributed by atoms with E-state index in [0.717, 1.165) is 16.7 Å². The average Bonchev–Trinajstić information content (AvgIpc) is 2.79. The smallest absolute Gasteiger partial charge is 0.266 e. The van der Waals surface area contributed by atoms with Gasteiger partial charge in [-0.15, -0.1) is 0 Å². The average molecular weight is 427 g/mol. The molecule has 0 aliphatic heterocycles. The Morgan fingerprint density at radius 1 is 0.969 bits per heavy atom. The normalized spacial score (nSPS) is 10.9. The fourth-order valence-corrected chi connectivity index (χ4v) is 3.07. The van der Waals surface area contributed by atoms with E-state index >= 15 is 0 Å². The predicted octanol–water partition coefficient (Wildman–Crippen LogP) is 5.75. The molecule has 1 N–H and O–H groups in total. The second kappa shape index (κ2) is 10.3. The first-order valence-corrected chi connectivity index (χ1v) is 10.3. The molecule has 5 heteroatoms. The van der Waals surface area contributed by atoms with Crippen molar-refractivity contribution in [1.82, 2.24) is 0 Å². The lowest BCUT2D eigenvalue weighted by Crippen LogP contribution is -2.13. The summed E-state index contributed by atoms with van der Waals surface area (Å²) in [5, 5.41) is 12.3. The molecular weight excluding hydrogens is 400 g/mol. The molecule has 0 saturated heterocycles. The molecule has 3 rings (SSSR count). The monoisotopic (exact) mass is 426 g/mol. The number of benzene rings is 3. The van der Waals surface area contributed by atoms with Gasteiger partial charge in [0.05, 0.1) is 7.11 Å². The Bertz CT molecular complexity index is 1190. The van der Waals surface area contributed by atoms with E-state index in [1.54, 1.807) is 25.3 Å². The topological polar surface area (TPSA) is 71.3 Å². The van der Waals surface area contributed by atoms with E-state index in [1.165, 1.54) is 11.6 Å². The number of carbonyl (C=O) groups is 1. The number of hydrogen-bond donors (Lipinski definition) is 1. The van der Waals surface area contributed by atoms with Crippen LogP contribution in [0.2, 0.25) is 0 Å². The zero-order chi connectivity index (χ0) is 23.1. The van der Waals surface area contributed by atoms with Gasteiger partial charge in [-0.2, -0.15) is 5.26 Å². The van der Waals surface area contributed by atoms with Crippen molar-refractivity contribution in [2.45, 2.75) is 27.4 Å². The molecule has 0 fully saturated rings. The number of anilines is 1. The number of methoxy groups -OCH3 is 1. The maximum atomic E-state index is 12.6. The van der Waals surface area contributed by atoms with Crippen molar-refractivity contribution < 1.29 is 14.3 Å². The van der Waals surface area contributed by atoms with Gasteiger partial charge in [-0.25, -0.2) is 0 Å². The van der Waals surface area contributed by atoms with Crippen molar-refractivity contribution in [2.24, 2.45) is 0 Å². The van der Waals surface area contributed by atoms with E-state index in [-0.39, 0.29) is 5.57 Å². The first kappa shape index (κ1) is 22.6. The van der Waals surface area contributed by atoms with Crippen LogP contribution in [-0.4, -0.2) is 13.0 Å². The molecule has 0 radical (unpaired) electrons. The van der Waals surface area contributed by atoms with Crippen LogP contribution in [0.15, 0.2) is 66.2 Å². The summed E-state index contributed by atoms with van der Waals surface area (Å²) in [6.45, 7) is 6.43. The number of hydrogen-bond acceptors (Lipinski definition) is 4. The number of ether oxygens (including phenoxy) is 2. The Kier molecular flexibility index (Phi) is 7.30. The van der Waals surface area contributed by atoms with Crippen LogP contribution in [0.25, 0.3) is 6.08 Å². The number of amides is 1. The van der Waals surface area contributed by atoms with Gasteiger partial charge in [-0.3, -0.25) is 4.79 Å². The van der Waals surface area contributed by atoms with Gasteiger partial charge >= 0.3 is 0 Å². The van der Waals surface area contributed by atoms with Crippen molar-refractivity contribution in [3.63, 3.8) is 0 Å². The van der Waals surface area contributed by atoms with Crippen LogP contribution in [0, 0.1) is 32.1 Å². The molecule has 3 aromatic rings. The number of nitriles is 1. The first-order chi connectivity index (χ1) is 15.4. The molecule has 1 amide bonds. The summed E-state index contributed by atoms with van der Waals surface area (Å²) in [6, 6.07) is 21.0. The highest BCUT2D eigenvalue weighted by molar-refractivity contribution is 6.09. The van der Waals surface area contributed by atoms with Crippen LogP contribution in [0.3, 0.4) is 0 Å². The zero-order valence-electron chi connectivity index (χ0n) is 18.7. The van der Waals surface area contributed by atoms with Crippen LogP contribution in [0.1, 0.15) is 27.8 Å². The van der Waals surface area contributed by atoms with E-state index < -0.39 is 5.91 Å². The number of aryl methyl sites for hydroxylation is 3. The third-order valence-electron chi connectivity index (χ3n) is 5.14. The quantitative estimate of drug-likeness (QED) is 0.386. The molecule has 3 aromatic carbocycles. The zero-order valence-corrected chi connectivity index (χ0v) is 18.7. The molecule has 0 aliphatic carbocycles. The highest BCUT2D eigenvalue weighted by atomic mass is 16.5. The van der Waals surface area contributed by atoms with E-state index in [0.29, 0.717) is 29.4 Å². The summed E-state index contributed by atoms with van der Waals surface area (Å²) >= 11 is 0. The fourth-order valence-electron chi connectivity index (χ4n) is 3.07. The van der Waals surface area contributed by atoms with Crippen molar-refractivity contribution in [3.05, 3.63) is 94.1 Å². The minimum atomic E-state index is -0.464. The number of nitrogens with one attached hydrogen (secondary N) is 1. The molecule has 32 heavy (non-hydrogen) atoms. The van der Waals surface area contributed by atoms with Crippen molar-refractivity contribution in [2.75, 3.05) is 12.4 Å². The van der Waals surface area contributed by atoms with E-state index in [2.05, 4.69) is 5.32 Å². The third kappa shape index (κ3) is 5.77. The lowest BCUT2D eigenvalue weighted by molar-refractivity contribution is -0.112. The summed E-state index contributed by atoms with van der Waals surface area (Å²) in [5.41, 5.74) is 5.76. The lowest BCUT2D eigenvalue weighted by Gasteiger charge is -2.12. The molecule has 5 nitrogen and oxygen atoms in total. The van der Waals surface area contributed by atoms with Gasteiger partial charge in [0.15, 0.2) is 11.5 Å². The maximum absolute atomic E-state index is 12.6. The van der Waals surface area contributed by atoms with Crippen LogP contribution in [0.5, 0.6) is 11.5 Å². The number of nitrogens with zero attached hydrogens (tertiary/aromatic N) is 1. The standard InChI is InChI=1S/C27H26N2O3/c1-18-5-8-21(9-6-18)17-32-25-12-10-22(15-26(25)31-4)14-23(16-28)27(30)29-24-11-7-19(2)20(3)13-24/h5-15H,17H2,1-4H3,(H,29,30). The summed E-state index contributed by atoms with van der Waals surface area (Å²) < 4.78 is 11.3. The summed E-state index contributed by atoms with van der Waals surface area (Å²) in [5.74, 6) is 0.649. The molecule has 0 spiro atoms. The largest absolute Gasteiger partial charge is 0.493 e. The summed E-state index contributed by atoms with van der Waals surface area (Å²) in [4.78, 5) is 12.6. The molecule has 0 heterocycles. The second-order valence-corrected chi connectivity index (χ2v) is 7.61. The molecule has 0 aliphatic rings. The van der Waals surface area contributed by atoms with Crippen LogP contribution >= 0.6 is 0 Å². The highest BCUT2D eigenvalue weighted by Gasteiger charge is 2.12. The fraction of sp³-hybridized carbons (Fsp3) is 0.185. The van der Waals surface area contributed by atoms with Crippen molar-refractivity contribution in [1.29, 1.82) is 5.26 Å². The Hall–Kier alpha value is -4.04. The molecule has 0 unspecified atom stereocenters. The Morgan fingerprint density at radius 3 is 2.38 bits per heavy atom. The minimum absolute atomic E-state index is 0.00129.